The van der Waals surface area contributed by atoms with Gasteiger partial charge in [0.05, 0.1) is 18.6 Å². The van der Waals surface area contributed by atoms with Gasteiger partial charge in [0.1, 0.15) is 0 Å². The van der Waals surface area contributed by atoms with Gasteiger partial charge in [0.15, 0.2) is 0 Å². The summed E-state index contributed by atoms with van der Waals surface area (Å²) in [5.41, 5.74) is -0.839. The largest absolute Gasteiger partial charge is 0.466 e. The van der Waals surface area contributed by atoms with Crippen LogP contribution in [0.15, 0.2) is 18.2 Å². The highest BCUT2D eigenvalue weighted by Crippen LogP contribution is 2.33. The van der Waals surface area contributed by atoms with Crippen LogP contribution in [0.4, 0.5) is 13.2 Å². The average Bonchev–Trinajstić information content (AvgIpc) is 2.19. The first-order valence-corrected chi connectivity index (χ1v) is 5.93. The summed E-state index contributed by atoms with van der Waals surface area (Å²) in [5, 5.41) is 0. The van der Waals surface area contributed by atoms with Crippen LogP contribution in [0, 0.1) is 3.57 Å². The van der Waals surface area contributed by atoms with Crippen molar-refractivity contribution in [2.24, 2.45) is 0 Å². The van der Waals surface area contributed by atoms with Crippen molar-refractivity contribution in [3.63, 3.8) is 0 Å². The molecule has 94 valence electrons. The molecule has 0 aromatic heterocycles. The molecule has 1 rings (SSSR count). The minimum Gasteiger partial charge on any atom is -0.466 e. The van der Waals surface area contributed by atoms with E-state index in [9.17, 15) is 18.0 Å². The van der Waals surface area contributed by atoms with Crippen molar-refractivity contribution in [3.05, 3.63) is 32.9 Å². The molecule has 0 spiro atoms. The number of rotatable bonds is 3. The van der Waals surface area contributed by atoms with E-state index in [1.807, 2.05) is 0 Å². The molecule has 0 fully saturated rings. The highest BCUT2D eigenvalue weighted by molar-refractivity contribution is 14.1. The Morgan fingerprint density at radius 1 is 1.41 bits per heavy atom. The molecule has 2 nitrogen and oxygen atoms in total. The molecule has 0 N–H and O–H groups in total. The van der Waals surface area contributed by atoms with Crippen molar-refractivity contribution in [3.8, 4) is 0 Å². The van der Waals surface area contributed by atoms with Crippen LogP contribution in [-0.2, 0) is 22.1 Å². The number of ether oxygens (including phenoxy) is 1. The van der Waals surface area contributed by atoms with E-state index < -0.39 is 17.7 Å². The molecule has 17 heavy (non-hydrogen) atoms. The molecule has 1 aromatic rings. The van der Waals surface area contributed by atoms with Gasteiger partial charge in [-0.25, -0.2) is 0 Å². The number of carbonyl (C=O) groups is 1. The first-order valence-electron chi connectivity index (χ1n) is 4.86. The van der Waals surface area contributed by atoms with E-state index in [4.69, 9.17) is 0 Å². The van der Waals surface area contributed by atoms with Gasteiger partial charge in [-0.15, -0.1) is 0 Å². The van der Waals surface area contributed by atoms with Gasteiger partial charge in [0.2, 0.25) is 0 Å². The molecule has 0 atom stereocenters. The Bertz CT molecular complexity index is 416. The summed E-state index contributed by atoms with van der Waals surface area (Å²) in [4.78, 5) is 11.2. The Balaban J connectivity index is 3.03. The third kappa shape index (κ3) is 4.18. The highest BCUT2D eigenvalue weighted by atomic mass is 127. The molecule has 0 aliphatic heterocycles. The van der Waals surface area contributed by atoms with E-state index >= 15 is 0 Å². The quantitative estimate of drug-likeness (QED) is 0.612. The van der Waals surface area contributed by atoms with Crippen LogP contribution in [0.1, 0.15) is 18.1 Å². The number of benzene rings is 1. The minimum atomic E-state index is -4.46. The molecule has 0 radical (unpaired) electrons. The zero-order valence-corrected chi connectivity index (χ0v) is 11.1. The first-order chi connectivity index (χ1) is 7.84. The van der Waals surface area contributed by atoms with E-state index in [0.717, 1.165) is 6.07 Å². The Hall–Kier alpha value is -0.790. The SMILES string of the molecule is CCOC(=O)Cc1ccc(I)cc1C(F)(F)F. The molecule has 6 heteroatoms. The fourth-order valence-corrected chi connectivity index (χ4v) is 1.83. The zero-order valence-electron chi connectivity index (χ0n) is 8.97. The number of esters is 1. The Kier molecular flexibility index (Phi) is 4.79. The van der Waals surface area contributed by atoms with Crippen LogP contribution < -0.4 is 0 Å². The lowest BCUT2D eigenvalue weighted by atomic mass is 10.0. The van der Waals surface area contributed by atoms with Crippen molar-refractivity contribution in [1.29, 1.82) is 0 Å². The molecule has 0 saturated carbocycles. The van der Waals surface area contributed by atoms with E-state index in [2.05, 4.69) is 4.74 Å². The van der Waals surface area contributed by atoms with Crippen LogP contribution in [0.3, 0.4) is 0 Å². The van der Waals surface area contributed by atoms with Crippen LogP contribution in [-0.4, -0.2) is 12.6 Å². The summed E-state index contributed by atoms with van der Waals surface area (Å²) >= 11 is 1.80. The van der Waals surface area contributed by atoms with Gasteiger partial charge in [-0.2, -0.15) is 13.2 Å². The number of halogens is 4. The fraction of sp³-hybridized carbons (Fsp3) is 0.364. The Morgan fingerprint density at radius 2 is 2.06 bits per heavy atom. The van der Waals surface area contributed by atoms with Crippen molar-refractivity contribution < 1.29 is 22.7 Å². The first kappa shape index (κ1) is 14.3. The predicted molar refractivity (Wildman–Crippen MR) is 64.5 cm³/mol. The van der Waals surface area contributed by atoms with Crippen LogP contribution in [0.25, 0.3) is 0 Å². The molecule has 0 aliphatic rings. The summed E-state index contributed by atoms with van der Waals surface area (Å²) in [6.07, 6.45) is -4.82. The van der Waals surface area contributed by atoms with Gasteiger partial charge in [0.25, 0.3) is 0 Å². The van der Waals surface area contributed by atoms with E-state index in [-0.39, 0.29) is 18.6 Å². The van der Waals surface area contributed by atoms with Crippen LogP contribution >= 0.6 is 22.6 Å². The van der Waals surface area contributed by atoms with Crippen molar-refractivity contribution in [1.82, 2.24) is 0 Å². The predicted octanol–water partition coefficient (Wildman–Crippen LogP) is 3.42. The normalized spacial score (nSPS) is 11.4. The van der Waals surface area contributed by atoms with Gasteiger partial charge in [-0.05, 0) is 47.2 Å². The van der Waals surface area contributed by atoms with E-state index in [1.165, 1.54) is 12.1 Å². The van der Waals surface area contributed by atoms with Gasteiger partial charge in [-0.3, -0.25) is 4.79 Å². The van der Waals surface area contributed by atoms with E-state index in [0.29, 0.717) is 3.57 Å². The molecule has 0 bridgehead atoms. The summed E-state index contributed by atoms with van der Waals surface area (Å²) in [5.74, 6) is -0.654. The lowest BCUT2D eigenvalue weighted by Crippen LogP contribution is -2.14. The smallest absolute Gasteiger partial charge is 0.416 e. The van der Waals surface area contributed by atoms with Gasteiger partial charge in [-0.1, -0.05) is 6.07 Å². The third-order valence-corrected chi connectivity index (χ3v) is 2.69. The van der Waals surface area contributed by atoms with Gasteiger partial charge >= 0.3 is 12.1 Å². The zero-order chi connectivity index (χ0) is 13.1. The standard InChI is InChI=1S/C11H10F3IO2/c1-2-17-10(16)5-7-3-4-8(15)6-9(7)11(12,13)14/h3-4,6H,2,5H2,1H3. The second kappa shape index (κ2) is 5.70. The number of hydrogen-bond acceptors (Lipinski definition) is 2. The van der Waals surface area contributed by atoms with Gasteiger partial charge < -0.3 is 4.74 Å². The lowest BCUT2D eigenvalue weighted by Gasteiger charge is -2.12. The monoisotopic (exact) mass is 358 g/mol. The third-order valence-electron chi connectivity index (χ3n) is 2.02. The molecular weight excluding hydrogens is 348 g/mol. The molecule has 0 heterocycles. The number of carbonyl (C=O) groups excluding carboxylic acids is 1. The molecule has 0 amide bonds. The maximum atomic E-state index is 12.7. The second-order valence-electron chi connectivity index (χ2n) is 3.28. The average molecular weight is 358 g/mol. The topological polar surface area (TPSA) is 26.3 Å². The number of alkyl halides is 3. The summed E-state index contributed by atoms with van der Waals surface area (Å²) in [6, 6.07) is 3.86. The fourth-order valence-electron chi connectivity index (χ4n) is 1.33. The molecule has 0 aliphatic carbocycles. The maximum Gasteiger partial charge on any atom is 0.416 e. The van der Waals surface area contributed by atoms with Crippen LogP contribution in [0.5, 0.6) is 0 Å². The van der Waals surface area contributed by atoms with Crippen molar-refractivity contribution >= 4 is 28.6 Å². The molecular formula is C11H10F3IO2. The highest BCUT2D eigenvalue weighted by Gasteiger charge is 2.33. The van der Waals surface area contributed by atoms with Crippen molar-refractivity contribution in [2.75, 3.05) is 6.61 Å². The molecule has 1 aromatic carbocycles. The van der Waals surface area contributed by atoms with Crippen molar-refractivity contribution in [2.45, 2.75) is 19.5 Å². The number of hydrogen-bond donors (Lipinski definition) is 0. The van der Waals surface area contributed by atoms with E-state index in [1.54, 1.807) is 29.5 Å². The Morgan fingerprint density at radius 3 is 2.59 bits per heavy atom. The summed E-state index contributed by atoms with van der Waals surface area (Å²) < 4.78 is 43.2. The summed E-state index contributed by atoms with van der Waals surface area (Å²) in [6.45, 7) is 1.76. The summed E-state index contributed by atoms with van der Waals surface area (Å²) in [7, 11) is 0. The Labute approximate surface area is 110 Å². The van der Waals surface area contributed by atoms with Gasteiger partial charge in [0, 0.05) is 3.57 Å². The lowest BCUT2D eigenvalue weighted by molar-refractivity contribution is -0.143. The molecule has 0 saturated heterocycles. The minimum absolute atomic E-state index is 0.0589. The van der Waals surface area contributed by atoms with Crippen LogP contribution in [0.2, 0.25) is 0 Å². The maximum absolute atomic E-state index is 12.7. The molecule has 0 unspecified atom stereocenters. The second-order valence-corrected chi connectivity index (χ2v) is 4.53.